The van der Waals surface area contributed by atoms with Gasteiger partial charge in [0.15, 0.2) is 0 Å². The van der Waals surface area contributed by atoms with Crippen LogP contribution in [0.3, 0.4) is 0 Å². The summed E-state index contributed by atoms with van der Waals surface area (Å²) in [5.74, 6) is -0.217. The van der Waals surface area contributed by atoms with Crippen molar-refractivity contribution in [1.82, 2.24) is 10.2 Å². The average molecular weight is 281 g/mol. The Kier molecular flexibility index (Phi) is 5.17. The lowest BCUT2D eigenvalue weighted by atomic mass is 10.2. The van der Waals surface area contributed by atoms with E-state index >= 15 is 0 Å². The van der Waals surface area contributed by atoms with Gasteiger partial charge in [-0.05, 0) is 12.1 Å². The lowest BCUT2D eigenvalue weighted by molar-refractivity contribution is 0.177. The molecule has 1 saturated heterocycles. The summed E-state index contributed by atoms with van der Waals surface area (Å²) in [4.78, 5) is 15.6. The highest BCUT2D eigenvalue weighted by Crippen LogP contribution is 2.19. The van der Waals surface area contributed by atoms with E-state index in [-0.39, 0.29) is 11.8 Å². The number of hydrogen-bond donors (Lipinski definition) is 1. The molecule has 110 valence electrons. The van der Waals surface area contributed by atoms with Gasteiger partial charge < -0.3 is 19.9 Å². The summed E-state index contributed by atoms with van der Waals surface area (Å²) >= 11 is 0. The van der Waals surface area contributed by atoms with Gasteiger partial charge in [0.2, 0.25) is 0 Å². The molecular weight excluding hydrogens is 261 g/mol. The maximum Gasteiger partial charge on any atom is 0.317 e. The number of methoxy groups -OCH3 is 1. The number of amides is 2. The zero-order valence-corrected chi connectivity index (χ0v) is 11.6. The molecule has 0 aliphatic carbocycles. The zero-order chi connectivity index (χ0) is 14.4. The van der Waals surface area contributed by atoms with Crippen molar-refractivity contribution in [2.45, 2.75) is 0 Å². The maximum absolute atomic E-state index is 13.7. The number of para-hydroxylation sites is 1. The molecule has 0 radical (unpaired) electrons. The summed E-state index contributed by atoms with van der Waals surface area (Å²) in [6.45, 7) is 3.46. The molecule has 1 N–H and O–H groups in total. The Morgan fingerprint density at radius 1 is 1.30 bits per heavy atom. The van der Waals surface area contributed by atoms with E-state index in [4.69, 9.17) is 4.74 Å². The average Bonchev–Trinajstić information content (AvgIpc) is 2.48. The Hall–Kier alpha value is -1.82. The Morgan fingerprint density at radius 3 is 2.65 bits per heavy atom. The van der Waals surface area contributed by atoms with Gasteiger partial charge in [-0.2, -0.15) is 0 Å². The second-order valence-corrected chi connectivity index (χ2v) is 4.65. The van der Waals surface area contributed by atoms with Gasteiger partial charge in [-0.15, -0.1) is 0 Å². The third-order valence-electron chi connectivity index (χ3n) is 3.34. The van der Waals surface area contributed by atoms with Crippen molar-refractivity contribution in [3.05, 3.63) is 30.1 Å². The highest BCUT2D eigenvalue weighted by atomic mass is 19.1. The number of anilines is 1. The first-order valence-electron chi connectivity index (χ1n) is 6.73. The summed E-state index contributed by atoms with van der Waals surface area (Å²) in [5.41, 5.74) is 0.604. The lowest BCUT2D eigenvalue weighted by Crippen LogP contribution is -2.52. The second kappa shape index (κ2) is 7.09. The van der Waals surface area contributed by atoms with Crippen molar-refractivity contribution in [3.8, 4) is 0 Å². The molecule has 0 aromatic heterocycles. The van der Waals surface area contributed by atoms with Crippen molar-refractivity contribution in [1.29, 1.82) is 0 Å². The third-order valence-corrected chi connectivity index (χ3v) is 3.34. The molecule has 2 amide bonds. The standard InChI is InChI=1S/C14H20FN3O2/c1-20-11-6-16-14(19)18-9-7-17(8-10-18)13-5-3-2-4-12(13)15/h2-5H,6-11H2,1H3,(H,16,19). The van der Waals surface area contributed by atoms with Crippen molar-refractivity contribution >= 4 is 11.7 Å². The number of carbonyl (C=O) groups excluding carboxylic acids is 1. The zero-order valence-electron chi connectivity index (χ0n) is 11.6. The van der Waals surface area contributed by atoms with E-state index in [0.717, 1.165) is 0 Å². The van der Waals surface area contributed by atoms with Crippen LogP contribution < -0.4 is 10.2 Å². The van der Waals surface area contributed by atoms with Crippen molar-refractivity contribution in [2.24, 2.45) is 0 Å². The van der Waals surface area contributed by atoms with Crippen LogP contribution in [0.1, 0.15) is 0 Å². The Morgan fingerprint density at radius 2 is 2.00 bits per heavy atom. The molecule has 5 nitrogen and oxygen atoms in total. The molecule has 20 heavy (non-hydrogen) atoms. The number of rotatable bonds is 4. The number of piperazine rings is 1. The minimum atomic E-state index is -0.217. The van der Waals surface area contributed by atoms with Crippen LogP contribution in [-0.4, -0.2) is 57.4 Å². The minimum absolute atomic E-state index is 0.0877. The van der Waals surface area contributed by atoms with Crippen LogP contribution >= 0.6 is 0 Å². The minimum Gasteiger partial charge on any atom is -0.383 e. The van der Waals surface area contributed by atoms with Gasteiger partial charge in [-0.1, -0.05) is 12.1 Å². The second-order valence-electron chi connectivity index (χ2n) is 4.65. The number of ether oxygens (including phenoxy) is 1. The topological polar surface area (TPSA) is 44.8 Å². The van der Waals surface area contributed by atoms with Crippen LogP contribution in [0.2, 0.25) is 0 Å². The number of urea groups is 1. The maximum atomic E-state index is 13.7. The van der Waals surface area contributed by atoms with Crippen LogP contribution in [0.25, 0.3) is 0 Å². The van der Waals surface area contributed by atoms with Gasteiger partial charge in [-0.25, -0.2) is 9.18 Å². The van der Waals surface area contributed by atoms with Crippen molar-refractivity contribution in [2.75, 3.05) is 51.3 Å². The number of nitrogens with one attached hydrogen (secondary N) is 1. The Balaban J connectivity index is 1.83. The van der Waals surface area contributed by atoms with E-state index < -0.39 is 0 Å². The number of nitrogens with zero attached hydrogens (tertiary/aromatic N) is 2. The van der Waals surface area contributed by atoms with E-state index in [1.54, 1.807) is 24.1 Å². The molecule has 0 unspecified atom stereocenters. The Labute approximate surface area is 118 Å². The molecule has 1 aliphatic rings. The fraction of sp³-hybridized carbons (Fsp3) is 0.500. The predicted octanol–water partition coefficient (Wildman–Crippen LogP) is 1.30. The van der Waals surface area contributed by atoms with Crippen molar-refractivity contribution in [3.63, 3.8) is 0 Å². The van der Waals surface area contributed by atoms with Gasteiger partial charge in [0.25, 0.3) is 0 Å². The molecule has 0 saturated carbocycles. The number of hydrogen-bond acceptors (Lipinski definition) is 3. The smallest absolute Gasteiger partial charge is 0.317 e. The van der Waals surface area contributed by atoms with Gasteiger partial charge in [-0.3, -0.25) is 0 Å². The van der Waals surface area contributed by atoms with Gasteiger partial charge in [0, 0.05) is 39.8 Å². The number of benzene rings is 1. The lowest BCUT2D eigenvalue weighted by Gasteiger charge is -2.36. The fourth-order valence-corrected chi connectivity index (χ4v) is 2.23. The largest absolute Gasteiger partial charge is 0.383 e. The van der Waals surface area contributed by atoms with E-state index in [1.165, 1.54) is 6.07 Å². The molecule has 2 rings (SSSR count). The summed E-state index contributed by atoms with van der Waals surface area (Å²) in [5, 5.41) is 2.79. The summed E-state index contributed by atoms with van der Waals surface area (Å²) in [6.07, 6.45) is 0. The SMILES string of the molecule is COCCNC(=O)N1CCN(c2ccccc2F)CC1. The summed E-state index contributed by atoms with van der Waals surface area (Å²) in [7, 11) is 1.60. The molecule has 0 bridgehead atoms. The van der Waals surface area contributed by atoms with Crippen molar-refractivity contribution < 1.29 is 13.9 Å². The molecule has 0 spiro atoms. The molecule has 1 fully saturated rings. The van der Waals surface area contributed by atoms with Crippen LogP contribution in [0, 0.1) is 5.82 Å². The van der Waals surface area contributed by atoms with Gasteiger partial charge in [0.05, 0.1) is 12.3 Å². The van der Waals surface area contributed by atoms with Gasteiger partial charge >= 0.3 is 6.03 Å². The molecular formula is C14H20FN3O2. The summed E-state index contributed by atoms with van der Waals surface area (Å²) < 4.78 is 18.6. The third kappa shape index (κ3) is 3.60. The molecule has 6 heteroatoms. The molecule has 1 aromatic rings. The first kappa shape index (κ1) is 14.6. The molecule has 1 aromatic carbocycles. The molecule has 1 heterocycles. The van der Waals surface area contributed by atoms with Crippen LogP contribution in [0.15, 0.2) is 24.3 Å². The van der Waals surface area contributed by atoms with E-state index in [1.807, 2.05) is 11.0 Å². The first-order valence-corrected chi connectivity index (χ1v) is 6.73. The van der Waals surface area contributed by atoms with E-state index in [0.29, 0.717) is 45.0 Å². The molecule has 1 aliphatic heterocycles. The van der Waals surface area contributed by atoms with Gasteiger partial charge in [0.1, 0.15) is 5.82 Å². The quantitative estimate of drug-likeness (QED) is 0.846. The van der Waals surface area contributed by atoms with E-state index in [2.05, 4.69) is 5.32 Å². The monoisotopic (exact) mass is 281 g/mol. The predicted molar refractivity (Wildman–Crippen MR) is 75.5 cm³/mol. The van der Waals surface area contributed by atoms with E-state index in [9.17, 15) is 9.18 Å². The molecule has 0 atom stereocenters. The number of carbonyl (C=O) groups is 1. The van der Waals surface area contributed by atoms with Crippen LogP contribution in [0.5, 0.6) is 0 Å². The highest BCUT2D eigenvalue weighted by Gasteiger charge is 2.22. The summed E-state index contributed by atoms with van der Waals surface area (Å²) in [6, 6.07) is 6.64. The fourth-order valence-electron chi connectivity index (χ4n) is 2.23. The van der Waals surface area contributed by atoms with Crippen LogP contribution in [-0.2, 0) is 4.74 Å². The highest BCUT2D eigenvalue weighted by molar-refractivity contribution is 5.74. The number of halogens is 1. The van der Waals surface area contributed by atoms with Crippen LogP contribution in [0.4, 0.5) is 14.9 Å². The Bertz CT molecular complexity index is 448. The normalized spacial score (nSPS) is 15.3. The first-order chi connectivity index (χ1) is 9.72.